The molecule has 1 atom stereocenters. The van der Waals surface area contributed by atoms with Crippen LogP contribution in [-0.4, -0.2) is 26.2 Å². The minimum absolute atomic E-state index is 0.522. The van der Waals surface area contributed by atoms with Crippen LogP contribution in [0.2, 0.25) is 0 Å². The molecule has 1 aromatic rings. The third-order valence-electron chi connectivity index (χ3n) is 3.06. The van der Waals surface area contributed by atoms with Crippen molar-refractivity contribution in [2.45, 2.75) is 25.5 Å². The first-order chi connectivity index (χ1) is 8.31. The second kappa shape index (κ2) is 6.38. The van der Waals surface area contributed by atoms with E-state index in [1.807, 2.05) is 0 Å². The van der Waals surface area contributed by atoms with Crippen LogP contribution in [0.1, 0.15) is 18.4 Å². The van der Waals surface area contributed by atoms with Crippen LogP contribution in [0.15, 0.2) is 22.7 Å². The van der Waals surface area contributed by atoms with Crippen LogP contribution in [0, 0.1) is 0 Å². The van der Waals surface area contributed by atoms with Gasteiger partial charge in [0.05, 0.1) is 6.61 Å². The summed E-state index contributed by atoms with van der Waals surface area (Å²) >= 11 is 3.58. The lowest BCUT2D eigenvalue weighted by Gasteiger charge is -2.26. The zero-order valence-electron chi connectivity index (χ0n) is 10.1. The summed E-state index contributed by atoms with van der Waals surface area (Å²) in [5.41, 5.74) is 2.37. The molecule has 17 heavy (non-hydrogen) atoms. The molecule has 1 fully saturated rings. The fourth-order valence-electron chi connectivity index (χ4n) is 2.18. The van der Waals surface area contributed by atoms with Gasteiger partial charge >= 0.3 is 0 Å². The molecule has 0 radical (unpaired) electrons. The van der Waals surface area contributed by atoms with Crippen LogP contribution in [0.25, 0.3) is 0 Å². The summed E-state index contributed by atoms with van der Waals surface area (Å²) in [5, 5.41) is 7.02. The fourth-order valence-corrected chi connectivity index (χ4v) is 2.66. The summed E-state index contributed by atoms with van der Waals surface area (Å²) in [7, 11) is 1.73. The van der Waals surface area contributed by atoms with Gasteiger partial charge in [-0.15, -0.1) is 0 Å². The molecule has 0 amide bonds. The Morgan fingerprint density at radius 3 is 3.12 bits per heavy atom. The van der Waals surface area contributed by atoms with Crippen LogP contribution in [0.4, 0.5) is 5.69 Å². The van der Waals surface area contributed by atoms with E-state index in [0.29, 0.717) is 12.6 Å². The molecule has 4 heteroatoms. The van der Waals surface area contributed by atoms with Crippen molar-refractivity contribution in [3.05, 3.63) is 28.2 Å². The summed E-state index contributed by atoms with van der Waals surface area (Å²) in [6, 6.07) is 6.75. The molecule has 1 aromatic carbocycles. The third kappa shape index (κ3) is 3.44. The van der Waals surface area contributed by atoms with Crippen molar-refractivity contribution in [2.75, 3.05) is 25.5 Å². The Labute approximate surface area is 111 Å². The first kappa shape index (κ1) is 12.9. The number of ether oxygens (including phenoxy) is 1. The maximum atomic E-state index is 5.25. The van der Waals surface area contributed by atoms with Gasteiger partial charge in [0.15, 0.2) is 0 Å². The van der Waals surface area contributed by atoms with Crippen LogP contribution >= 0.6 is 15.9 Å². The second-order valence-electron chi connectivity index (χ2n) is 4.39. The van der Waals surface area contributed by atoms with Gasteiger partial charge in [-0.1, -0.05) is 22.0 Å². The lowest BCUT2D eigenvalue weighted by Crippen LogP contribution is -2.38. The van der Waals surface area contributed by atoms with Crippen molar-refractivity contribution >= 4 is 21.6 Å². The molecule has 0 aromatic heterocycles. The number of rotatable bonds is 4. The topological polar surface area (TPSA) is 33.3 Å². The summed E-state index contributed by atoms with van der Waals surface area (Å²) in [5.74, 6) is 0. The van der Waals surface area contributed by atoms with Gasteiger partial charge in [-0.25, -0.2) is 0 Å². The molecular weight excluding hydrogens is 280 g/mol. The van der Waals surface area contributed by atoms with Gasteiger partial charge < -0.3 is 15.4 Å². The van der Waals surface area contributed by atoms with E-state index < -0.39 is 0 Å². The van der Waals surface area contributed by atoms with E-state index in [-0.39, 0.29) is 0 Å². The minimum atomic E-state index is 0.522. The number of piperidine rings is 1. The molecule has 0 saturated carbocycles. The zero-order chi connectivity index (χ0) is 12.1. The molecule has 94 valence electrons. The molecule has 1 saturated heterocycles. The Bertz CT molecular complexity index is 364. The summed E-state index contributed by atoms with van der Waals surface area (Å²) in [6.07, 6.45) is 2.47. The highest BCUT2D eigenvalue weighted by Crippen LogP contribution is 2.26. The van der Waals surface area contributed by atoms with Crippen LogP contribution in [0.3, 0.4) is 0 Å². The van der Waals surface area contributed by atoms with Crippen molar-refractivity contribution in [1.82, 2.24) is 5.32 Å². The normalized spacial score (nSPS) is 20.2. The predicted octanol–water partition coefficient (Wildman–Crippen LogP) is 2.76. The van der Waals surface area contributed by atoms with Crippen LogP contribution in [0.5, 0.6) is 0 Å². The molecule has 0 bridgehead atoms. The molecule has 1 aliphatic rings. The Morgan fingerprint density at radius 1 is 1.53 bits per heavy atom. The van der Waals surface area contributed by atoms with Gasteiger partial charge in [-0.2, -0.15) is 0 Å². The number of benzene rings is 1. The maximum Gasteiger partial charge on any atom is 0.0744 e. The fraction of sp³-hybridized carbons (Fsp3) is 0.538. The van der Waals surface area contributed by atoms with E-state index in [2.05, 4.69) is 44.8 Å². The Hall–Kier alpha value is -0.580. The third-order valence-corrected chi connectivity index (χ3v) is 3.81. The molecule has 2 N–H and O–H groups in total. The smallest absolute Gasteiger partial charge is 0.0744 e. The highest BCUT2D eigenvalue weighted by atomic mass is 79.9. The Kier molecular flexibility index (Phi) is 4.83. The number of halogens is 1. The van der Waals surface area contributed by atoms with Crippen molar-refractivity contribution in [2.24, 2.45) is 0 Å². The zero-order valence-corrected chi connectivity index (χ0v) is 11.7. The average Bonchev–Trinajstić information content (AvgIpc) is 2.35. The largest absolute Gasteiger partial charge is 0.381 e. The minimum Gasteiger partial charge on any atom is -0.381 e. The summed E-state index contributed by atoms with van der Waals surface area (Å²) in [6.45, 7) is 2.81. The molecular formula is C13H19BrN2O. The highest BCUT2D eigenvalue weighted by molar-refractivity contribution is 9.10. The Balaban J connectivity index is 2.10. The molecule has 1 heterocycles. The molecule has 2 rings (SSSR count). The van der Waals surface area contributed by atoms with E-state index in [1.165, 1.54) is 24.1 Å². The lowest BCUT2D eigenvalue weighted by atomic mass is 10.1. The average molecular weight is 299 g/mol. The molecule has 1 aliphatic heterocycles. The first-order valence-corrected chi connectivity index (χ1v) is 6.84. The van der Waals surface area contributed by atoms with Crippen LogP contribution < -0.4 is 10.6 Å². The van der Waals surface area contributed by atoms with Gasteiger partial charge in [0.2, 0.25) is 0 Å². The van der Waals surface area contributed by atoms with Gasteiger partial charge in [0.25, 0.3) is 0 Å². The van der Waals surface area contributed by atoms with Crippen molar-refractivity contribution in [3.8, 4) is 0 Å². The van der Waals surface area contributed by atoms with Gasteiger partial charge in [0.1, 0.15) is 0 Å². The van der Waals surface area contributed by atoms with Crippen molar-refractivity contribution < 1.29 is 4.74 Å². The summed E-state index contributed by atoms with van der Waals surface area (Å²) < 4.78 is 6.36. The Morgan fingerprint density at radius 2 is 2.41 bits per heavy atom. The first-order valence-electron chi connectivity index (χ1n) is 6.05. The quantitative estimate of drug-likeness (QED) is 0.897. The van der Waals surface area contributed by atoms with Crippen molar-refractivity contribution in [3.63, 3.8) is 0 Å². The predicted molar refractivity (Wildman–Crippen MR) is 74.4 cm³/mol. The molecule has 0 spiro atoms. The van der Waals surface area contributed by atoms with Gasteiger partial charge in [-0.3, -0.25) is 0 Å². The molecule has 1 unspecified atom stereocenters. The standard InChI is InChI=1S/C13H19BrN2O/c1-17-9-11-12(14)5-2-6-13(11)16-10-4-3-7-15-8-10/h2,5-6,10,15-16H,3-4,7-9H2,1H3. The number of hydrogen-bond donors (Lipinski definition) is 2. The van der Waals surface area contributed by atoms with E-state index >= 15 is 0 Å². The number of nitrogens with one attached hydrogen (secondary N) is 2. The van der Waals surface area contributed by atoms with E-state index in [1.54, 1.807) is 7.11 Å². The van der Waals surface area contributed by atoms with Gasteiger partial charge in [0, 0.05) is 35.4 Å². The second-order valence-corrected chi connectivity index (χ2v) is 5.24. The van der Waals surface area contributed by atoms with Gasteiger partial charge in [-0.05, 0) is 31.5 Å². The molecule has 0 aliphatic carbocycles. The number of anilines is 1. The number of methoxy groups -OCH3 is 1. The monoisotopic (exact) mass is 298 g/mol. The van der Waals surface area contributed by atoms with Crippen molar-refractivity contribution in [1.29, 1.82) is 0 Å². The maximum absolute atomic E-state index is 5.25. The summed E-state index contributed by atoms with van der Waals surface area (Å²) in [4.78, 5) is 0. The number of hydrogen-bond acceptors (Lipinski definition) is 3. The van der Waals surface area contributed by atoms with E-state index in [9.17, 15) is 0 Å². The van der Waals surface area contributed by atoms with E-state index in [0.717, 1.165) is 17.6 Å². The van der Waals surface area contributed by atoms with Crippen LogP contribution in [-0.2, 0) is 11.3 Å². The van der Waals surface area contributed by atoms with E-state index in [4.69, 9.17) is 4.74 Å². The highest BCUT2D eigenvalue weighted by Gasteiger charge is 2.14. The lowest BCUT2D eigenvalue weighted by molar-refractivity contribution is 0.185. The molecule has 3 nitrogen and oxygen atoms in total. The SMILES string of the molecule is COCc1c(Br)cccc1NC1CCCNC1.